The van der Waals surface area contributed by atoms with Crippen molar-refractivity contribution in [2.75, 3.05) is 18.9 Å². The van der Waals surface area contributed by atoms with Gasteiger partial charge in [-0.05, 0) is 37.1 Å². The van der Waals surface area contributed by atoms with E-state index in [2.05, 4.69) is 0 Å². The molecular weight excluding hydrogens is 192 g/mol. The van der Waals surface area contributed by atoms with E-state index in [0.29, 0.717) is 0 Å². The van der Waals surface area contributed by atoms with Gasteiger partial charge in [0.15, 0.2) is 0 Å². The average Bonchev–Trinajstić information content (AvgIpc) is 2.15. The number of aliphatic hydroxyl groups is 1. The minimum absolute atomic E-state index is 0.201. The highest BCUT2D eigenvalue weighted by Crippen LogP contribution is 2.25. The van der Waals surface area contributed by atoms with E-state index < -0.39 is 6.10 Å². The summed E-state index contributed by atoms with van der Waals surface area (Å²) in [4.78, 5) is 0. The zero-order valence-electron chi connectivity index (χ0n) is 9.16. The van der Waals surface area contributed by atoms with Crippen LogP contribution in [0.3, 0.4) is 0 Å². The van der Waals surface area contributed by atoms with Gasteiger partial charge >= 0.3 is 0 Å². The molecule has 0 saturated carbocycles. The van der Waals surface area contributed by atoms with Crippen molar-refractivity contribution in [2.24, 2.45) is 5.73 Å². The summed E-state index contributed by atoms with van der Waals surface area (Å²) >= 11 is 0. The Morgan fingerprint density at radius 1 is 1.33 bits per heavy atom. The lowest BCUT2D eigenvalue weighted by Crippen LogP contribution is -2.26. The van der Waals surface area contributed by atoms with Gasteiger partial charge in [-0.15, -0.1) is 0 Å². The zero-order chi connectivity index (χ0) is 11.4. The summed E-state index contributed by atoms with van der Waals surface area (Å²) < 4.78 is 5.49. The first kappa shape index (κ1) is 11.8. The molecule has 4 nitrogen and oxygen atoms in total. The topological polar surface area (TPSA) is 81.5 Å². The van der Waals surface area contributed by atoms with Crippen LogP contribution in [0.4, 0.5) is 5.69 Å². The van der Waals surface area contributed by atoms with Crippen LogP contribution in [-0.4, -0.2) is 24.4 Å². The summed E-state index contributed by atoms with van der Waals surface area (Å²) in [7, 11) is 0. The molecule has 0 fully saturated rings. The van der Waals surface area contributed by atoms with Gasteiger partial charge in [0, 0.05) is 12.2 Å². The first-order chi connectivity index (χ1) is 7.04. The number of nitrogens with two attached hydrogens (primary N) is 2. The van der Waals surface area contributed by atoms with Crippen LogP contribution in [-0.2, 0) is 0 Å². The van der Waals surface area contributed by atoms with E-state index >= 15 is 0 Å². The molecule has 15 heavy (non-hydrogen) atoms. The standard InChI is InChI=1S/C11H18N2O2/c1-7-3-9(13)4-8(2)11(7)15-6-10(14)5-12/h3-4,10,14H,5-6,12-13H2,1-2H3. The molecular formula is C11H18N2O2. The third kappa shape index (κ3) is 3.11. The molecule has 0 radical (unpaired) electrons. The van der Waals surface area contributed by atoms with Crippen molar-refractivity contribution in [3.63, 3.8) is 0 Å². The average molecular weight is 210 g/mol. The summed E-state index contributed by atoms with van der Waals surface area (Å²) in [6.45, 7) is 4.26. The third-order valence-electron chi connectivity index (χ3n) is 2.17. The molecule has 0 spiro atoms. The fraction of sp³-hybridized carbons (Fsp3) is 0.455. The molecule has 84 valence electrons. The SMILES string of the molecule is Cc1cc(N)cc(C)c1OCC(O)CN. The Balaban J connectivity index is 2.77. The van der Waals surface area contributed by atoms with Crippen molar-refractivity contribution in [3.05, 3.63) is 23.3 Å². The Bertz CT molecular complexity index is 316. The van der Waals surface area contributed by atoms with Crippen molar-refractivity contribution >= 4 is 5.69 Å². The van der Waals surface area contributed by atoms with E-state index in [9.17, 15) is 5.11 Å². The number of nitrogen functional groups attached to an aromatic ring is 1. The monoisotopic (exact) mass is 210 g/mol. The van der Waals surface area contributed by atoms with E-state index in [1.165, 1.54) is 0 Å². The number of hydrogen-bond donors (Lipinski definition) is 3. The third-order valence-corrected chi connectivity index (χ3v) is 2.17. The van der Waals surface area contributed by atoms with Crippen LogP contribution >= 0.6 is 0 Å². The second kappa shape index (κ2) is 5.00. The summed E-state index contributed by atoms with van der Waals surface area (Å²) in [5.41, 5.74) is 13.6. The van der Waals surface area contributed by atoms with Gasteiger partial charge in [-0.2, -0.15) is 0 Å². The first-order valence-electron chi connectivity index (χ1n) is 4.92. The maximum absolute atomic E-state index is 9.28. The molecule has 0 saturated heterocycles. The lowest BCUT2D eigenvalue weighted by atomic mass is 10.1. The van der Waals surface area contributed by atoms with Crippen molar-refractivity contribution in [2.45, 2.75) is 20.0 Å². The van der Waals surface area contributed by atoms with Gasteiger partial charge < -0.3 is 21.3 Å². The van der Waals surface area contributed by atoms with Crippen LogP contribution < -0.4 is 16.2 Å². The summed E-state index contributed by atoms with van der Waals surface area (Å²) in [6.07, 6.45) is -0.624. The van der Waals surface area contributed by atoms with Gasteiger partial charge in [-0.3, -0.25) is 0 Å². The predicted octanol–water partition coefficient (Wildman–Crippen LogP) is 0.584. The lowest BCUT2D eigenvalue weighted by molar-refractivity contribution is 0.113. The maximum atomic E-state index is 9.28. The van der Waals surface area contributed by atoms with Gasteiger partial charge in [0.1, 0.15) is 18.5 Å². The number of benzene rings is 1. The normalized spacial score (nSPS) is 12.5. The molecule has 5 N–H and O–H groups in total. The van der Waals surface area contributed by atoms with E-state index in [0.717, 1.165) is 22.6 Å². The van der Waals surface area contributed by atoms with Crippen molar-refractivity contribution < 1.29 is 9.84 Å². The molecule has 0 aliphatic heterocycles. The predicted molar refractivity (Wildman–Crippen MR) is 60.9 cm³/mol. The van der Waals surface area contributed by atoms with E-state index in [4.69, 9.17) is 16.2 Å². The quantitative estimate of drug-likeness (QED) is 0.635. The van der Waals surface area contributed by atoms with E-state index in [1.54, 1.807) is 0 Å². The van der Waals surface area contributed by atoms with Gasteiger partial charge in [-0.25, -0.2) is 0 Å². The minimum atomic E-state index is -0.624. The molecule has 1 unspecified atom stereocenters. The number of rotatable bonds is 4. The van der Waals surface area contributed by atoms with Crippen LogP contribution in [0.2, 0.25) is 0 Å². The minimum Gasteiger partial charge on any atom is -0.490 e. The number of anilines is 1. The van der Waals surface area contributed by atoms with Gasteiger partial charge in [0.2, 0.25) is 0 Å². The van der Waals surface area contributed by atoms with E-state index in [-0.39, 0.29) is 13.2 Å². The highest BCUT2D eigenvalue weighted by molar-refractivity contribution is 5.52. The van der Waals surface area contributed by atoms with Gasteiger partial charge in [-0.1, -0.05) is 0 Å². The Kier molecular flexibility index (Phi) is 3.94. The van der Waals surface area contributed by atoms with Gasteiger partial charge in [0.25, 0.3) is 0 Å². The Labute approximate surface area is 89.8 Å². The molecule has 0 aliphatic carbocycles. The van der Waals surface area contributed by atoms with Crippen LogP contribution in [0.1, 0.15) is 11.1 Å². The Morgan fingerprint density at radius 2 is 1.87 bits per heavy atom. The molecule has 1 aromatic carbocycles. The molecule has 4 heteroatoms. The smallest absolute Gasteiger partial charge is 0.125 e. The van der Waals surface area contributed by atoms with Crippen LogP contribution in [0.5, 0.6) is 5.75 Å². The summed E-state index contributed by atoms with van der Waals surface area (Å²) in [5.74, 6) is 0.775. The molecule has 0 aliphatic rings. The molecule has 0 amide bonds. The largest absolute Gasteiger partial charge is 0.490 e. The number of aliphatic hydroxyl groups excluding tert-OH is 1. The fourth-order valence-corrected chi connectivity index (χ4v) is 1.46. The fourth-order valence-electron chi connectivity index (χ4n) is 1.46. The van der Waals surface area contributed by atoms with Crippen LogP contribution in [0, 0.1) is 13.8 Å². The first-order valence-corrected chi connectivity index (χ1v) is 4.92. The Morgan fingerprint density at radius 3 is 2.33 bits per heavy atom. The second-order valence-corrected chi connectivity index (χ2v) is 3.68. The second-order valence-electron chi connectivity index (χ2n) is 3.68. The molecule has 1 atom stereocenters. The number of ether oxygens (including phenoxy) is 1. The van der Waals surface area contributed by atoms with E-state index in [1.807, 2.05) is 26.0 Å². The zero-order valence-corrected chi connectivity index (χ0v) is 9.16. The highest BCUT2D eigenvalue weighted by Gasteiger charge is 2.07. The lowest BCUT2D eigenvalue weighted by Gasteiger charge is -2.15. The molecule has 0 heterocycles. The van der Waals surface area contributed by atoms with Crippen LogP contribution in [0.15, 0.2) is 12.1 Å². The molecule has 1 rings (SSSR count). The molecule has 0 aromatic heterocycles. The van der Waals surface area contributed by atoms with Crippen LogP contribution in [0.25, 0.3) is 0 Å². The van der Waals surface area contributed by atoms with Crippen molar-refractivity contribution in [1.29, 1.82) is 0 Å². The van der Waals surface area contributed by atoms with Crippen molar-refractivity contribution in [1.82, 2.24) is 0 Å². The highest BCUT2D eigenvalue weighted by atomic mass is 16.5. The summed E-state index contributed by atoms with van der Waals surface area (Å²) in [6, 6.07) is 3.69. The maximum Gasteiger partial charge on any atom is 0.125 e. The molecule has 0 bridgehead atoms. The Hall–Kier alpha value is -1.26. The number of aryl methyl sites for hydroxylation is 2. The van der Waals surface area contributed by atoms with Crippen molar-refractivity contribution in [3.8, 4) is 5.75 Å². The number of hydrogen-bond acceptors (Lipinski definition) is 4. The van der Waals surface area contributed by atoms with Gasteiger partial charge in [0.05, 0.1) is 0 Å². The summed E-state index contributed by atoms with van der Waals surface area (Å²) in [5, 5.41) is 9.28. The molecule has 1 aromatic rings.